The fraction of sp³-hybridized carbons (Fsp3) is 0.357. The second kappa shape index (κ2) is 10.1. The number of hydrogen-bond acceptors (Lipinski definition) is 3. The van der Waals surface area contributed by atoms with Crippen molar-refractivity contribution in [3.63, 3.8) is 0 Å². The van der Waals surface area contributed by atoms with Crippen molar-refractivity contribution >= 4 is 29.5 Å². The van der Waals surface area contributed by atoms with Crippen LogP contribution in [0.15, 0.2) is 89.8 Å². The standard InChI is InChI=1S/C28H34O3SSi/c1-22-17-19-23(20-18-22)32(29)27-26(31-27)16-11-21-30-33(28(2,3)4,24-12-7-5-8-13-24)25-14-9-6-10-15-25/h5-10,12-15,17-20,26-27H,11,16,21H2,1-4H3/t26-,27+,32-/m0/s1. The third-order valence-corrected chi connectivity index (χ3v) is 13.0. The molecule has 0 saturated carbocycles. The van der Waals surface area contributed by atoms with Crippen LogP contribution in [0.3, 0.4) is 0 Å². The predicted molar refractivity (Wildman–Crippen MR) is 139 cm³/mol. The number of epoxide rings is 1. The van der Waals surface area contributed by atoms with Crippen molar-refractivity contribution in [2.24, 2.45) is 0 Å². The Kier molecular flexibility index (Phi) is 7.34. The molecule has 33 heavy (non-hydrogen) atoms. The van der Waals surface area contributed by atoms with Crippen LogP contribution in [-0.2, 0) is 20.0 Å². The van der Waals surface area contributed by atoms with Gasteiger partial charge in [0.1, 0.15) is 0 Å². The summed E-state index contributed by atoms with van der Waals surface area (Å²) in [6.07, 6.45) is 1.80. The van der Waals surface area contributed by atoms with Gasteiger partial charge in [-0.15, -0.1) is 0 Å². The minimum absolute atomic E-state index is 0.0265. The van der Waals surface area contributed by atoms with Gasteiger partial charge in [0, 0.05) is 11.5 Å². The first kappa shape index (κ1) is 24.1. The Morgan fingerprint density at radius 2 is 1.42 bits per heavy atom. The number of rotatable bonds is 9. The van der Waals surface area contributed by atoms with E-state index in [9.17, 15) is 4.21 Å². The van der Waals surface area contributed by atoms with Crippen LogP contribution in [0.1, 0.15) is 39.2 Å². The smallest absolute Gasteiger partial charge is 0.261 e. The molecule has 3 atom stereocenters. The summed E-state index contributed by atoms with van der Waals surface area (Å²) < 4.78 is 25.5. The number of benzene rings is 3. The molecule has 1 saturated heterocycles. The summed E-state index contributed by atoms with van der Waals surface area (Å²) in [5, 5.41) is 2.57. The molecular formula is C28H34O3SSi. The van der Waals surface area contributed by atoms with E-state index in [1.807, 2.05) is 31.2 Å². The molecule has 0 aromatic heterocycles. The quantitative estimate of drug-likeness (QED) is 0.242. The largest absolute Gasteiger partial charge is 0.407 e. The van der Waals surface area contributed by atoms with Crippen molar-refractivity contribution in [1.29, 1.82) is 0 Å². The molecule has 0 radical (unpaired) electrons. The predicted octanol–water partition coefficient (Wildman–Crippen LogP) is 5.18. The van der Waals surface area contributed by atoms with E-state index in [1.165, 1.54) is 15.9 Å². The number of aryl methyl sites for hydroxylation is 1. The van der Waals surface area contributed by atoms with Crippen molar-refractivity contribution in [2.45, 2.75) is 62.0 Å². The van der Waals surface area contributed by atoms with Crippen LogP contribution in [0.2, 0.25) is 5.04 Å². The van der Waals surface area contributed by atoms with Gasteiger partial charge in [0.25, 0.3) is 8.32 Å². The van der Waals surface area contributed by atoms with Crippen LogP contribution in [0.4, 0.5) is 0 Å². The summed E-state index contributed by atoms with van der Waals surface area (Å²) in [6.45, 7) is 9.59. The van der Waals surface area contributed by atoms with Gasteiger partial charge >= 0.3 is 0 Å². The van der Waals surface area contributed by atoms with Gasteiger partial charge in [-0.3, -0.25) is 4.21 Å². The van der Waals surface area contributed by atoms with Gasteiger partial charge < -0.3 is 9.16 Å². The highest BCUT2D eigenvalue weighted by atomic mass is 32.2. The molecule has 1 aliphatic rings. The van der Waals surface area contributed by atoms with E-state index in [2.05, 4.69) is 81.4 Å². The van der Waals surface area contributed by atoms with Crippen LogP contribution in [0.5, 0.6) is 0 Å². The first-order valence-electron chi connectivity index (χ1n) is 11.7. The van der Waals surface area contributed by atoms with Crippen molar-refractivity contribution in [2.75, 3.05) is 6.61 Å². The molecule has 5 heteroatoms. The van der Waals surface area contributed by atoms with Crippen LogP contribution in [-0.4, -0.2) is 30.7 Å². The van der Waals surface area contributed by atoms with E-state index in [0.717, 1.165) is 17.7 Å². The molecule has 1 fully saturated rings. The third-order valence-electron chi connectivity index (χ3n) is 6.37. The third kappa shape index (κ3) is 5.22. The van der Waals surface area contributed by atoms with Crippen molar-refractivity contribution in [3.05, 3.63) is 90.5 Å². The van der Waals surface area contributed by atoms with Crippen molar-refractivity contribution in [1.82, 2.24) is 0 Å². The first-order chi connectivity index (χ1) is 15.8. The summed E-state index contributed by atoms with van der Waals surface area (Å²) in [6, 6.07) is 29.3. The monoisotopic (exact) mass is 478 g/mol. The number of hydrogen-bond donors (Lipinski definition) is 0. The average Bonchev–Trinajstić information content (AvgIpc) is 3.59. The molecule has 0 spiro atoms. The Morgan fingerprint density at radius 1 is 0.879 bits per heavy atom. The van der Waals surface area contributed by atoms with Crippen LogP contribution < -0.4 is 10.4 Å². The van der Waals surface area contributed by atoms with E-state index in [0.29, 0.717) is 6.61 Å². The zero-order chi connectivity index (χ0) is 23.5. The van der Waals surface area contributed by atoms with Gasteiger partial charge in [-0.1, -0.05) is 99.1 Å². The van der Waals surface area contributed by atoms with Crippen molar-refractivity contribution in [3.8, 4) is 0 Å². The minimum Gasteiger partial charge on any atom is -0.407 e. The van der Waals surface area contributed by atoms with Gasteiger partial charge in [-0.25, -0.2) is 0 Å². The fourth-order valence-electron chi connectivity index (χ4n) is 4.60. The zero-order valence-electron chi connectivity index (χ0n) is 20.0. The SMILES string of the molecule is Cc1ccc([S@](=O)[C@H]2O[C@H]2CCCO[Si](c2ccccc2)(c2ccccc2)C(C)(C)C)cc1. The van der Waals surface area contributed by atoms with E-state index >= 15 is 0 Å². The molecule has 0 N–H and O–H groups in total. The second-order valence-electron chi connectivity index (χ2n) is 9.81. The van der Waals surface area contributed by atoms with E-state index in [4.69, 9.17) is 9.16 Å². The van der Waals surface area contributed by atoms with E-state index < -0.39 is 19.1 Å². The molecule has 0 bridgehead atoms. The summed E-state index contributed by atoms with van der Waals surface area (Å²) in [7, 11) is -3.61. The molecule has 0 unspecified atom stereocenters. The molecule has 3 aromatic carbocycles. The van der Waals surface area contributed by atoms with Gasteiger partial charge in [-0.05, 0) is 47.3 Å². The Bertz CT molecular complexity index is 1020. The topological polar surface area (TPSA) is 38.8 Å². The Balaban J connectivity index is 1.43. The summed E-state index contributed by atoms with van der Waals surface area (Å²) in [5.41, 5.74) is 0.977. The number of ether oxygens (including phenoxy) is 1. The molecule has 1 aliphatic heterocycles. The fourth-order valence-corrected chi connectivity index (χ4v) is 10.5. The Morgan fingerprint density at radius 3 is 1.94 bits per heavy atom. The molecule has 0 amide bonds. The van der Waals surface area contributed by atoms with Gasteiger partial charge in [0.15, 0.2) is 5.44 Å². The van der Waals surface area contributed by atoms with Crippen LogP contribution >= 0.6 is 0 Å². The van der Waals surface area contributed by atoms with Crippen LogP contribution in [0, 0.1) is 6.92 Å². The highest BCUT2D eigenvalue weighted by molar-refractivity contribution is 7.85. The van der Waals surface area contributed by atoms with Crippen molar-refractivity contribution < 1.29 is 13.4 Å². The molecule has 0 aliphatic carbocycles. The maximum absolute atomic E-state index is 12.8. The van der Waals surface area contributed by atoms with Gasteiger partial charge in [-0.2, -0.15) is 0 Å². The Hall–Kier alpha value is -2.05. The molecule has 3 aromatic rings. The lowest BCUT2D eigenvalue weighted by molar-refractivity contribution is 0.278. The molecule has 1 heterocycles. The second-order valence-corrected chi connectivity index (χ2v) is 15.6. The highest BCUT2D eigenvalue weighted by Gasteiger charge is 2.50. The average molecular weight is 479 g/mol. The molecule has 4 rings (SSSR count). The summed E-state index contributed by atoms with van der Waals surface area (Å²) >= 11 is 0. The van der Waals surface area contributed by atoms with E-state index in [1.54, 1.807) is 0 Å². The maximum atomic E-state index is 12.8. The van der Waals surface area contributed by atoms with E-state index in [-0.39, 0.29) is 16.6 Å². The maximum Gasteiger partial charge on any atom is 0.261 e. The summed E-state index contributed by atoms with van der Waals surface area (Å²) in [5.74, 6) is 0. The first-order valence-corrected chi connectivity index (χ1v) is 14.8. The normalized spacial score (nSPS) is 19.3. The van der Waals surface area contributed by atoms with Crippen LogP contribution in [0.25, 0.3) is 0 Å². The van der Waals surface area contributed by atoms with Gasteiger partial charge in [0.2, 0.25) is 0 Å². The lowest BCUT2D eigenvalue weighted by Crippen LogP contribution is -2.66. The highest BCUT2D eigenvalue weighted by Crippen LogP contribution is 2.37. The molecule has 3 nitrogen and oxygen atoms in total. The lowest BCUT2D eigenvalue weighted by atomic mass is 10.2. The Labute approximate surface area is 201 Å². The zero-order valence-corrected chi connectivity index (χ0v) is 21.8. The minimum atomic E-state index is -2.50. The molecule has 174 valence electrons. The lowest BCUT2D eigenvalue weighted by Gasteiger charge is -2.43. The summed E-state index contributed by atoms with van der Waals surface area (Å²) in [4.78, 5) is 0.844. The molecular weight excluding hydrogens is 444 g/mol. The van der Waals surface area contributed by atoms with Gasteiger partial charge in [0.05, 0.1) is 16.9 Å².